The quantitative estimate of drug-likeness (QED) is 0.856. The third-order valence-electron chi connectivity index (χ3n) is 3.25. The zero-order chi connectivity index (χ0) is 14.1. The molecule has 0 bridgehead atoms. The number of aromatic nitrogens is 1. The van der Waals surface area contributed by atoms with Gasteiger partial charge in [0.1, 0.15) is 9.88 Å². The summed E-state index contributed by atoms with van der Waals surface area (Å²) in [6.07, 6.45) is 0.109. The largest absolute Gasteiger partial charge is 0.375 e. The molecule has 1 atom stereocenters. The number of ether oxygens (including phenoxy) is 1. The van der Waals surface area contributed by atoms with Crippen LogP contribution in [0, 0.1) is 6.92 Å². The van der Waals surface area contributed by atoms with Gasteiger partial charge in [0.05, 0.1) is 23.3 Å². The maximum atomic E-state index is 12.6. The van der Waals surface area contributed by atoms with Crippen molar-refractivity contribution in [3.8, 4) is 9.88 Å². The minimum atomic E-state index is 0.0814. The third kappa shape index (κ3) is 2.63. The molecule has 0 saturated carbocycles. The lowest BCUT2D eigenvalue weighted by atomic mass is 10.2. The van der Waals surface area contributed by atoms with Crippen LogP contribution in [0.15, 0.2) is 17.5 Å². The number of rotatable bonds is 2. The number of amides is 1. The average Bonchev–Trinajstić information content (AvgIpc) is 3.07. The van der Waals surface area contributed by atoms with Gasteiger partial charge < -0.3 is 9.64 Å². The average molecular weight is 308 g/mol. The van der Waals surface area contributed by atoms with Crippen LogP contribution in [0.2, 0.25) is 0 Å². The smallest absolute Gasteiger partial charge is 0.266 e. The molecule has 3 rings (SSSR count). The summed E-state index contributed by atoms with van der Waals surface area (Å²) in [6, 6.07) is 4.04. The van der Waals surface area contributed by atoms with Crippen LogP contribution in [-0.4, -0.2) is 41.6 Å². The lowest BCUT2D eigenvalue weighted by Gasteiger charge is -2.30. The van der Waals surface area contributed by atoms with Crippen molar-refractivity contribution in [1.82, 2.24) is 9.88 Å². The molecule has 0 aromatic carbocycles. The predicted molar refractivity (Wildman–Crippen MR) is 81.5 cm³/mol. The minimum Gasteiger partial charge on any atom is -0.375 e. The normalized spacial score (nSPS) is 19.3. The highest BCUT2D eigenvalue weighted by Gasteiger charge is 2.26. The zero-order valence-corrected chi connectivity index (χ0v) is 13.1. The summed E-state index contributed by atoms with van der Waals surface area (Å²) in [7, 11) is 0. The molecule has 0 N–H and O–H groups in total. The summed E-state index contributed by atoms with van der Waals surface area (Å²) in [5.41, 5.74) is 0.822. The fraction of sp³-hybridized carbons (Fsp3) is 0.429. The Morgan fingerprint density at radius 3 is 3.10 bits per heavy atom. The van der Waals surface area contributed by atoms with Gasteiger partial charge in [-0.25, -0.2) is 4.98 Å². The van der Waals surface area contributed by atoms with Crippen molar-refractivity contribution in [1.29, 1.82) is 0 Å². The Bertz CT molecular complexity index is 607. The first kappa shape index (κ1) is 13.7. The summed E-state index contributed by atoms with van der Waals surface area (Å²) < 4.78 is 5.48. The summed E-state index contributed by atoms with van der Waals surface area (Å²) in [4.78, 5) is 20.9. The molecule has 106 valence electrons. The molecule has 1 unspecified atom stereocenters. The van der Waals surface area contributed by atoms with E-state index in [1.165, 1.54) is 11.3 Å². The first-order chi connectivity index (χ1) is 9.65. The van der Waals surface area contributed by atoms with Gasteiger partial charge in [0, 0.05) is 13.1 Å². The van der Waals surface area contributed by atoms with Crippen molar-refractivity contribution in [3.05, 3.63) is 28.1 Å². The molecule has 2 aromatic rings. The number of nitrogens with zero attached hydrogens (tertiary/aromatic N) is 2. The fourth-order valence-electron chi connectivity index (χ4n) is 2.25. The van der Waals surface area contributed by atoms with Crippen molar-refractivity contribution in [2.24, 2.45) is 0 Å². The van der Waals surface area contributed by atoms with Crippen LogP contribution in [0.5, 0.6) is 0 Å². The van der Waals surface area contributed by atoms with E-state index in [-0.39, 0.29) is 12.0 Å². The molecule has 1 aliphatic heterocycles. The molecule has 0 radical (unpaired) electrons. The Morgan fingerprint density at radius 2 is 2.40 bits per heavy atom. The topological polar surface area (TPSA) is 42.4 Å². The molecule has 1 saturated heterocycles. The number of thiazole rings is 1. The van der Waals surface area contributed by atoms with Crippen LogP contribution >= 0.6 is 22.7 Å². The standard InChI is InChI=1S/C14H16N2O2S2/c1-9-8-16(5-6-18-9)14(17)12-10(2)15-13(20-12)11-4-3-7-19-11/h3-4,7,9H,5-6,8H2,1-2H3. The van der Waals surface area contributed by atoms with Gasteiger partial charge in [0.15, 0.2) is 0 Å². The lowest BCUT2D eigenvalue weighted by Crippen LogP contribution is -2.44. The summed E-state index contributed by atoms with van der Waals surface area (Å²) >= 11 is 3.14. The summed E-state index contributed by atoms with van der Waals surface area (Å²) in [5.74, 6) is 0.0814. The van der Waals surface area contributed by atoms with Crippen LogP contribution in [0.1, 0.15) is 22.3 Å². The van der Waals surface area contributed by atoms with E-state index in [0.29, 0.717) is 19.7 Å². The van der Waals surface area contributed by atoms with Crippen molar-refractivity contribution < 1.29 is 9.53 Å². The lowest BCUT2D eigenvalue weighted by molar-refractivity contribution is -0.0122. The van der Waals surface area contributed by atoms with E-state index in [0.717, 1.165) is 20.5 Å². The van der Waals surface area contributed by atoms with Crippen LogP contribution < -0.4 is 0 Å². The molecule has 6 heteroatoms. The number of morpholine rings is 1. The Labute approximate surface area is 126 Å². The maximum Gasteiger partial charge on any atom is 0.266 e. The monoisotopic (exact) mass is 308 g/mol. The highest BCUT2D eigenvalue weighted by atomic mass is 32.1. The van der Waals surface area contributed by atoms with Crippen molar-refractivity contribution in [2.75, 3.05) is 19.7 Å². The van der Waals surface area contributed by atoms with Gasteiger partial charge in [-0.1, -0.05) is 6.07 Å². The van der Waals surface area contributed by atoms with Gasteiger partial charge in [0.25, 0.3) is 5.91 Å². The van der Waals surface area contributed by atoms with Gasteiger partial charge in [-0.05, 0) is 25.3 Å². The van der Waals surface area contributed by atoms with Crippen molar-refractivity contribution in [2.45, 2.75) is 20.0 Å². The molecule has 0 aliphatic carbocycles. The second-order valence-corrected chi connectivity index (χ2v) is 6.79. The molecule has 20 heavy (non-hydrogen) atoms. The van der Waals surface area contributed by atoms with Crippen LogP contribution in [-0.2, 0) is 4.74 Å². The second kappa shape index (κ2) is 5.63. The maximum absolute atomic E-state index is 12.6. The zero-order valence-electron chi connectivity index (χ0n) is 11.5. The van der Waals surface area contributed by atoms with E-state index in [1.54, 1.807) is 11.3 Å². The number of thiophene rings is 1. The molecule has 1 fully saturated rings. The molecule has 1 aliphatic rings. The molecule has 2 aromatic heterocycles. The van der Waals surface area contributed by atoms with E-state index >= 15 is 0 Å². The number of hydrogen-bond donors (Lipinski definition) is 0. The van der Waals surface area contributed by atoms with Gasteiger partial charge in [-0.2, -0.15) is 0 Å². The van der Waals surface area contributed by atoms with E-state index in [4.69, 9.17) is 4.74 Å². The Morgan fingerprint density at radius 1 is 1.55 bits per heavy atom. The summed E-state index contributed by atoms with van der Waals surface area (Å²) in [6.45, 7) is 5.84. The number of carbonyl (C=O) groups is 1. The molecular weight excluding hydrogens is 292 g/mol. The molecule has 0 spiro atoms. The Kier molecular flexibility index (Phi) is 3.87. The van der Waals surface area contributed by atoms with Gasteiger partial charge >= 0.3 is 0 Å². The second-order valence-electron chi connectivity index (χ2n) is 4.84. The third-order valence-corrected chi connectivity index (χ3v) is 5.44. The van der Waals surface area contributed by atoms with E-state index < -0.39 is 0 Å². The van der Waals surface area contributed by atoms with E-state index in [1.807, 2.05) is 36.3 Å². The Hall–Kier alpha value is -1.24. The number of aryl methyl sites for hydroxylation is 1. The molecule has 1 amide bonds. The molecular formula is C14H16N2O2S2. The Balaban J connectivity index is 1.85. The van der Waals surface area contributed by atoms with Gasteiger partial charge in [-0.15, -0.1) is 22.7 Å². The van der Waals surface area contributed by atoms with Crippen LogP contribution in [0.25, 0.3) is 9.88 Å². The highest BCUT2D eigenvalue weighted by molar-refractivity contribution is 7.22. The predicted octanol–water partition coefficient (Wildman–Crippen LogP) is 3.04. The minimum absolute atomic E-state index is 0.0814. The first-order valence-electron chi connectivity index (χ1n) is 6.57. The SMILES string of the molecule is Cc1nc(-c2cccs2)sc1C(=O)N1CCOC(C)C1. The molecule has 4 nitrogen and oxygen atoms in total. The summed E-state index contributed by atoms with van der Waals surface area (Å²) in [5, 5.41) is 2.96. The van der Waals surface area contributed by atoms with Gasteiger partial charge in [-0.3, -0.25) is 4.79 Å². The fourth-order valence-corrected chi connectivity index (χ4v) is 4.08. The van der Waals surface area contributed by atoms with Crippen LogP contribution in [0.4, 0.5) is 0 Å². The van der Waals surface area contributed by atoms with Crippen molar-refractivity contribution in [3.63, 3.8) is 0 Å². The van der Waals surface area contributed by atoms with E-state index in [9.17, 15) is 4.79 Å². The van der Waals surface area contributed by atoms with Crippen molar-refractivity contribution >= 4 is 28.6 Å². The molecule has 3 heterocycles. The van der Waals surface area contributed by atoms with Crippen LogP contribution in [0.3, 0.4) is 0 Å². The highest BCUT2D eigenvalue weighted by Crippen LogP contribution is 2.31. The van der Waals surface area contributed by atoms with E-state index in [2.05, 4.69) is 4.98 Å². The number of carbonyl (C=O) groups excluding carboxylic acids is 1. The number of hydrogen-bond acceptors (Lipinski definition) is 5. The van der Waals surface area contributed by atoms with Gasteiger partial charge in [0.2, 0.25) is 0 Å². The first-order valence-corrected chi connectivity index (χ1v) is 8.27.